The molecule has 0 N–H and O–H groups in total. The molecule has 0 aliphatic heterocycles. The minimum Gasteiger partial charge on any atom is -0.309 e. The predicted molar refractivity (Wildman–Crippen MR) is 142 cm³/mol. The Kier molecular flexibility index (Phi) is 5.16. The molecule has 0 unspecified atom stereocenters. The molecule has 0 radical (unpaired) electrons. The molecule has 0 aromatic heterocycles. The van der Waals surface area contributed by atoms with Crippen LogP contribution in [0.1, 0.15) is 54.2 Å². The van der Waals surface area contributed by atoms with Gasteiger partial charge in [-0.1, -0.05) is 87.5 Å². The summed E-state index contributed by atoms with van der Waals surface area (Å²) in [6.45, 7) is 13.7. The van der Waals surface area contributed by atoms with Crippen LogP contribution >= 0.6 is 0 Å². The van der Waals surface area contributed by atoms with Crippen LogP contribution in [-0.2, 0) is 11.8 Å². The van der Waals surface area contributed by atoms with Crippen molar-refractivity contribution >= 4 is 17.1 Å². The quantitative estimate of drug-likeness (QED) is 0.312. The first-order valence-corrected chi connectivity index (χ1v) is 12.0. The van der Waals surface area contributed by atoms with Gasteiger partial charge in [-0.25, -0.2) is 0 Å². The summed E-state index contributed by atoms with van der Waals surface area (Å²) in [4.78, 5) is 2.51. The Hall–Kier alpha value is -3.32. The van der Waals surface area contributed by atoms with Crippen LogP contribution in [0.3, 0.4) is 0 Å². The average molecular weight is 432 g/mol. The molecule has 33 heavy (non-hydrogen) atoms. The zero-order valence-electron chi connectivity index (χ0n) is 20.7. The van der Waals surface area contributed by atoms with Crippen LogP contribution in [0.25, 0.3) is 11.1 Å². The van der Waals surface area contributed by atoms with E-state index in [2.05, 4.69) is 125 Å². The van der Waals surface area contributed by atoms with Gasteiger partial charge >= 0.3 is 0 Å². The maximum atomic E-state index is 2.51. The zero-order chi connectivity index (χ0) is 23.3. The number of nitrogens with zero attached hydrogens (tertiary/aromatic N) is 1. The molecule has 166 valence electrons. The van der Waals surface area contributed by atoms with Crippen molar-refractivity contribution in [1.82, 2.24) is 0 Å². The van der Waals surface area contributed by atoms with Crippen LogP contribution < -0.4 is 4.90 Å². The molecule has 0 heterocycles. The fraction of sp³-hybridized carbons (Fsp3) is 0.250. The van der Waals surface area contributed by atoms with E-state index in [1.165, 1.54) is 61.6 Å². The van der Waals surface area contributed by atoms with Gasteiger partial charge in [0.2, 0.25) is 0 Å². The molecule has 0 spiro atoms. The summed E-state index contributed by atoms with van der Waals surface area (Å²) in [6, 6.07) is 29.3. The maximum absolute atomic E-state index is 2.51. The first-order chi connectivity index (χ1) is 15.8. The Morgan fingerprint density at radius 1 is 0.636 bits per heavy atom. The van der Waals surface area contributed by atoms with E-state index in [-0.39, 0.29) is 5.41 Å². The molecule has 1 heteroatoms. The van der Waals surface area contributed by atoms with Gasteiger partial charge in [-0.05, 0) is 83.8 Å². The lowest BCUT2D eigenvalue weighted by atomic mass is 9.82. The highest BCUT2D eigenvalue weighted by Crippen LogP contribution is 2.51. The van der Waals surface area contributed by atoms with Crippen LogP contribution in [0.5, 0.6) is 0 Å². The molecule has 0 atom stereocenters. The first-order valence-electron chi connectivity index (χ1n) is 12.0. The standard InChI is InChI=1S/C32H33N/c1-7-24-15-11-14-23(4)31(24)33(30-21(2)12-10-13-22(30)3)25-18-19-27-26-16-8-9-17-28(26)32(5,6)29(27)20-25/h8-20H,7H2,1-6H3. The summed E-state index contributed by atoms with van der Waals surface area (Å²) in [5, 5.41) is 0. The van der Waals surface area contributed by atoms with Crippen LogP contribution in [-0.4, -0.2) is 0 Å². The highest BCUT2D eigenvalue weighted by Gasteiger charge is 2.36. The summed E-state index contributed by atoms with van der Waals surface area (Å²) in [5.41, 5.74) is 14.6. The largest absolute Gasteiger partial charge is 0.309 e. The molecule has 0 saturated carbocycles. The van der Waals surface area contributed by atoms with Crippen LogP contribution in [0.15, 0.2) is 78.9 Å². The minimum atomic E-state index is -0.0201. The number of rotatable bonds is 4. The van der Waals surface area contributed by atoms with Crippen molar-refractivity contribution in [2.24, 2.45) is 0 Å². The monoisotopic (exact) mass is 431 g/mol. The van der Waals surface area contributed by atoms with Crippen LogP contribution in [0.2, 0.25) is 0 Å². The number of hydrogen-bond acceptors (Lipinski definition) is 1. The second-order valence-electron chi connectivity index (χ2n) is 9.91. The van der Waals surface area contributed by atoms with E-state index in [4.69, 9.17) is 0 Å². The van der Waals surface area contributed by atoms with Gasteiger partial charge in [-0.2, -0.15) is 0 Å². The van der Waals surface area contributed by atoms with Gasteiger partial charge in [0.25, 0.3) is 0 Å². The van der Waals surface area contributed by atoms with Gasteiger partial charge < -0.3 is 4.90 Å². The first kappa shape index (κ1) is 21.5. The summed E-state index contributed by atoms with van der Waals surface area (Å²) in [5.74, 6) is 0. The Morgan fingerprint density at radius 3 is 1.94 bits per heavy atom. The highest BCUT2D eigenvalue weighted by molar-refractivity contribution is 5.88. The normalized spacial score (nSPS) is 13.5. The van der Waals surface area contributed by atoms with Crippen LogP contribution in [0, 0.1) is 20.8 Å². The van der Waals surface area contributed by atoms with Gasteiger partial charge in [0, 0.05) is 11.1 Å². The molecule has 4 aromatic rings. The molecule has 1 aliphatic rings. The minimum absolute atomic E-state index is 0.0201. The Labute approximate surface area is 198 Å². The molecule has 5 rings (SSSR count). The van der Waals surface area contributed by atoms with Gasteiger partial charge in [0.1, 0.15) is 0 Å². The smallest absolute Gasteiger partial charge is 0.0522 e. The van der Waals surface area contributed by atoms with Crippen molar-refractivity contribution in [3.63, 3.8) is 0 Å². The number of hydrogen-bond donors (Lipinski definition) is 0. The summed E-state index contributed by atoms with van der Waals surface area (Å²) in [6.07, 6.45) is 1.00. The lowest BCUT2D eigenvalue weighted by molar-refractivity contribution is 0.660. The third-order valence-corrected chi connectivity index (χ3v) is 7.41. The lowest BCUT2D eigenvalue weighted by Gasteiger charge is -2.33. The second kappa shape index (κ2) is 7.92. The third-order valence-electron chi connectivity index (χ3n) is 7.41. The van der Waals surface area contributed by atoms with E-state index in [1.807, 2.05) is 0 Å². The van der Waals surface area contributed by atoms with E-state index in [9.17, 15) is 0 Å². The third kappa shape index (κ3) is 3.30. The summed E-state index contributed by atoms with van der Waals surface area (Å²) >= 11 is 0. The molecule has 1 nitrogen and oxygen atoms in total. The van der Waals surface area contributed by atoms with Crippen molar-refractivity contribution in [3.8, 4) is 11.1 Å². The fourth-order valence-corrected chi connectivity index (χ4v) is 5.68. The summed E-state index contributed by atoms with van der Waals surface area (Å²) in [7, 11) is 0. The van der Waals surface area contributed by atoms with Crippen molar-refractivity contribution < 1.29 is 0 Å². The van der Waals surface area contributed by atoms with Gasteiger partial charge in [-0.3, -0.25) is 0 Å². The highest BCUT2D eigenvalue weighted by atomic mass is 15.2. The Morgan fingerprint density at radius 2 is 1.24 bits per heavy atom. The molecule has 0 amide bonds. The van der Waals surface area contributed by atoms with E-state index >= 15 is 0 Å². The van der Waals surface area contributed by atoms with Crippen molar-refractivity contribution in [3.05, 3.63) is 112 Å². The van der Waals surface area contributed by atoms with E-state index < -0.39 is 0 Å². The van der Waals surface area contributed by atoms with E-state index in [0.29, 0.717) is 0 Å². The van der Waals surface area contributed by atoms with Gasteiger partial charge in [0.15, 0.2) is 0 Å². The van der Waals surface area contributed by atoms with Gasteiger partial charge in [0.05, 0.1) is 11.4 Å². The number of fused-ring (bicyclic) bond motifs is 3. The predicted octanol–water partition coefficient (Wildman–Crippen LogP) is 8.95. The lowest BCUT2D eigenvalue weighted by Crippen LogP contribution is -2.18. The SMILES string of the molecule is CCc1cccc(C)c1N(c1ccc2c(c1)C(C)(C)c1ccccc1-2)c1c(C)cccc1C. The molecule has 0 bridgehead atoms. The second-order valence-corrected chi connectivity index (χ2v) is 9.91. The number of aryl methyl sites for hydroxylation is 4. The molecule has 1 aliphatic carbocycles. The number of para-hydroxylation sites is 2. The zero-order valence-corrected chi connectivity index (χ0v) is 20.7. The number of benzene rings is 4. The maximum Gasteiger partial charge on any atom is 0.0522 e. The average Bonchev–Trinajstić information content (AvgIpc) is 3.03. The van der Waals surface area contributed by atoms with Crippen molar-refractivity contribution in [2.45, 2.75) is 53.4 Å². The van der Waals surface area contributed by atoms with E-state index in [1.54, 1.807) is 0 Å². The number of anilines is 3. The van der Waals surface area contributed by atoms with Crippen LogP contribution in [0.4, 0.5) is 17.1 Å². The van der Waals surface area contributed by atoms with Crippen molar-refractivity contribution in [2.75, 3.05) is 4.90 Å². The Bertz CT molecular complexity index is 1340. The van der Waals surface area contributed by atoms with Crippen molar-refractivity contribution in [1.29, 1.82) is 0 Å². The molecular weight excluding hydrogens is 398 g/mol. The van der Waals surface area contributed by atoms with E-state index in [0.717, 1.165) is 6.42 Å². The fourth-order valence-electron chi connectivity index (χ4n) is 5.68. The van der Waals surface area contributed by atoms with Gasteiger partial charge in [-0.15, -0.1) is 0 Å². The molecular formula is C32H33N. The molecule has 0 fully saturated rings. The topological polar surface area (TPSA) is 3.24 Å². The molecule has 0 saturated heterocycles. The summed E-state index contributed by atoms with van der Waals surface area (Å²) < 4.78 is 0. The molecule has 4 aromatic carbocycles. The Balaban J connectivity index is 1.80.